The number of thiophene rings is 1. The number of nitrogens with zero attached hydrogens (tertiary/aromatic N) is 3. The van der Waals surface area contributed by atoms with Gasteiger partial charge in [-0.2, -0.15) is 5.26 Å². The van der Waals surface area contributed by atoms with E-state index in [1.807, 2.05) is 41.8 Å². The molecule has 0 aliphatic rings. The maximum atomic E-state index is 13.3. The Labute approximate surface area is 153 Å². The average molecular weight is 361 g/mol. The molecule has 26 heavy (non-hydrogen) atoms. The van der Waals surface area contributed by atoms with Crippen LogP contribution >= 0.6 is 11.3 Å². The molecule has 0 N–H and O–H groups in total. The van der Waals surface area contributed by atoms with Crippen molar-refractivity contribution >= 4 is 21.6 Å². The second kappa shape index (κ2) is 6.98. The SMILES string of the molecule is N#CCCCn1c(-c2ccccc2)nc2scc(-c3ccco3)c2c1=O. The van der Waals surface area contributed by atoms with Crippen molar-refractivity contribution in [2.24, 2.45) is 0 Å². The van der Waals surface area contributed by atoms with Gasteiger partial charge in [-0.05, 0) is 18.6 Å². The van der Waals surface area contributed by atoms with Gasteiger partial charge in [-0.1, -0.05) is 30.3 Å². The summed E-state index contributed by atoms with van der Waals surface area (Å²) in [5.41, 5.74) is 1.55. The molecule has 4 rings (SSSR count). The molecule has 0 saturated carbocycles. The molecule has 0 atom stereocenters. The summed E-state index contributed by atoms with van der Waals surface area (Å²) in [6.07, 6.45) is 2.59. The van der Waals surface area contributed by atoms with E-state index in [0.29, 0.717) is 41.2 Å². The minimum atomic E-state index is -0.0977. The molecule has 0 aliphatic heterocycles. The Morgan fingerprint density at radius 2 is 2.04 bits per heavy atom. The first kappa shape index (κ1) is 16.3. The van der Waals surface area contributed by atoms with Crippen LogP contribution in [-0.2, 0) is 6.54 Å². The summed E-state index contributed by atoms with van der Waals surface area (Å²) in [7, 11) is 0. The number of fused-ring (bicyclic) bond motifs is 1. The lowest BCUT2D eigenvalue weighted by Crippen LogP contribution is -2.23. The molecule has 0 fully saturated rings. The zero-order valence-corrected chi connectivity index (χ0v) is 14.7. The lowest BCUT2D eigenvalue weighted by atomic mass is 10.1. The number of hydrogen-bond acceptors (Lipinski definition) is 5. The van der Waals surface area contributed by atoms with Gasteiger partial charge < -0.3 is 4.42 Å². The van der Waals surface area contributed by atoms with Crippen molar-refractivity contribution in [1.82, 2.24) is 9.55 Å². The monoisotopic (exact) mass is 361 g/mol. The van der Waals surface area contributed by atoms with E-state index in [1.165, 1.54) is 11.3 Å². The molecule has 0 unspecified atom stereocenters. The summed E-state index contributed by atoms with van der Waals surface area (Å²) in [5, 5.41) is 11.3. The van der Waals surface area contributed by atoms with Gasteiger partial charge in [0.2, 0.25) is 0 Å². The second-order valence-corrected chi connectivity index (χ2v) is 6.68. The fourth-order valence-corrected chi connectivity index (χ4v) is 3.89. The van der Waals surface area contributed by atoms with Gasteiger partial charge in [0.25, 0.3) is 5.56 Å². The van der Waals surface area contributed by atoms with Crippen molar-refractivity contribution < 1.29 is 4.42 Å². The van der Waals surface area contributed by atoms with Crippen LogP contribution in [0.1, 0.15) is 12.8 Å². The molecule has 3 aromatic heterocycles. The molecule has 6 heteroatoms. The maximum absolute atomic E-state index is 13.3. The number of unbranched alkanes of at least 4 members (excludes halogenated alkanes) is 1. The second-order valence-electron chi connectivity index (χ2n) is 5.83. The van der Waals surface area contributed by atoms with Gasteiger partial charge in [0.05, 0.1) is 17.7 Å². The highest BCUT2D eigenvalue weighted by atomic mass is 32.1. The van der Waals surface area contributed by atoms with Crippen LogP contribution in [0.3, 0.4) is 0 Å². The Bertz CT molecular complexity index is 1140. The summed E-state index contributed by atoms with van der Waals surface area (Å²) >= 11 is 1.44. The van der Waals surface area contributed by atoms with Crippen LogP contribution < -0.4 is 5.56 Å². The van der Waals surface area contributed by atoms with E-state index < -0.39 is 0 Å². The number of benzene rings is 1. The van der Waals surface area contributed by atoms with Gasteiger partial charge in [0.15, 0.2) is 0 Å². The van der Waals surface area contributed by atoms with Crippen molar-refractivity contribution in [2.45, 2.75) is 19.4 Å². The standard InChI is InChI=1S/C20H15N3O2S/c21-10-4-5-11-23-18(14-7-2-1-3-8-14)22-19-17(20(23)24)15(13-26-19)16-9-6-12-25-16/h1-3,6-9,12-13H,4-5,11H2. The van der Waals surface area contributed by atoms with Gasteiger partial charge in [-0.15, -0.1) is 11.3 Å². The fourth-order valence-electron chi connectivity index (χ4n) is 2.97. The predicted molar refractivity (Wildman–Crippen MR) is 102 cm³/mol. The van der Waals surface area contributed by atoms with Crippen molar-refractivity contribution in [3.8, 4) is 28.8 Å². The van der Waals surface area contributed by atoms with Crippen LogP contribution in [0.5, 0.6) is 0 Å². The zero-order chi connectivity index (χ0) is 17.9. The molecule has 1 aromatic carbocycles. The third-order valence-electron chi connectivity index (χ3n) is 4.18. The Morgan fingerprint density at radius 1 is 1.19 bits per heavy atom. The molecule has 0 amide bonds. The van der Waals surface area contributed by atoms with Crippen molar-refractivity contribution in [1.29, 1.82) is 5.26 Å². The van der Waals surface area contributed by atoms with E-state index in [1.54, 1.807) is 16.9 Å². The van der Waals surface area contributed by atoms with Crippen LogP contribution in [-0.4, -0.2) is 9.55 Å². The summed E-state index contributed by atoms with van der Waals surface area (Å²) in [5.74, 6) is 1.29. The molecule has 0 radical (unpaired) electrons. The number of rotatable bonds is 5. The van der Waals surface area contributed by atoms with E-state index in [-0.39, 0.29) is 5.56 Å². The number of nitriles is 1. The third-order valence-corrected chi connectivity index (χ3v) is 5.05. The summed E-state index contributed by atoms with van der Waals surface area (Å²) in [6, 6.07) is 15.4. The first-order chi connectivity index (χ1) is 12.8. The van der Waals surface area contributed by atoms with Crippen LogP contribution in [0.4, 0.5) is 0 Å². The van der Waals surface area contributed by atoms with E-state index in [2.05, 4.69) is 6.07 Å². The highest BCUT2D eigenvalue weighted by Crippen LogP contribution is 2.32. The van der Waals surface area contributed by atoms with Crippen LogP contribution in [0.15, 0.2) is 63.3 Å². The molecular weight excluding hydrogens is 346 g/mol. The number of hydrogen-bond donors (Lipinski definition) is 0. The lowest BCUT2D eigenvalue weighted by molar-refractivity contribution is 0.583. The van der Waals surface area contributed by atoms with Gasteiger partial charge in [-0.25, -0.2) is 4.98 Å². The van der Waals surface area contributed by atoms with Crippen LogP contribution in [0.25, 0.3) is 32.9 Å². The summed E-state index contributed by atoms with van der Waals surface area (Å²) < 4.78 is 7.16. The lowest BCUT2D eigenvalue weighted by Gasteiger charge is -2.12. The minimum absolute atomic E-state index is 0.0977. The van der Waals surface area contributed by atoms with E-state index in [4.69, 9.17) is 14.7 Å². The number of furan rings is 1. The molecule has 0 aliphatic carbocycles. The van der Waals surface area contributed by atoms with Crippen molar-refractivity contribution in [2.75, 3.05) is 0 Å². The summed E-state index contributed by atoms with van der Waals surface area (Å²) in [6.45, 7) is 0.451. The van der Waals surface area contributed by atoms with Gasteiger partial charge in [-0.3, -0.25) is 9.36 Å². The Hall–Kier alpha value is -3.17. The topological polar surface area (TPSA) is 71.8 Å². The predicted octanol–water partition coefficient (Wildman–Crippen LogP) is 4.69. The molecule has 0 saturated heterocycles. The molecule has 5 nitrogen and oxygen atoms in total. The van der Waals surface area contributed by atoms with E-state index >= 15 is 0 Å². The Morgan fingerprint density at radius 3 is 2.77 bits per heavy atom. The maximum Gasteiger partial charge on any atom is 0.263 e. The molecular formula is C20H15N3O2S. The first-order valence-electron chi connectivity index (χ1n) is 8.28. The first-order valence-corrected chi connectivity index (χ1v) is 9.16. The van der Waals surface area contributed by atoms with Crippen molar-refractivity contribution in [3.63, 3.8) is 0 Å². The molecule has 0 bridgehead atoms. The highest BCUT2D eigenvalue weighted by Gasteiger charge is 2.18. The van der Waals surface area contributed by atoms with Gasteiger partial charge in [0.1, 0.15) is 16.4 Å². The van der Waals surface area contributed by atoms with Gasteiger partial charge >= 0.3 is 0 Å². The minimum Gasteiger partial charge on any atom is -0.464 e. The highest BCUT2D eigenvalue weighted by molar-refractivity contribution is 7.17. The van der Waals surface area contributed by atoms with Crippen LogP contribution in [0.2, 0.25) is 0 Å². The molecule has 128 valence electrons. The van der Waals surface area contributed by atoms with Gasteiger partial charge in [0, 0.05) is 29.5 Å². The Balaban J connectivity index is 1.95. The van der Waals surface area contributed by atoms with E-state index in [9.17, 15) is 4.79 Å². The normalized spacial score (nSPS) is 10.9. The average Bonchev–Trinajstić information content (AvgIpc) is 3.33. The largest absolute Gasteiger partial charge is 0.464 e. The third kappa shape index (κ3) is 2.83. The quantitative estimate of drug-likeness (QED) is 0.484. The molecule has 3 heterocycles. The van der Waals surface area contributed by atoms with E-state index in [0.717, 1.165) is 11.1 Å². The molecule has 4 aromatic rings. The van der Waals surface area contributed by atoms with Crippen molar-refractivity contribution in [3.05, 3.63) is 64.5 Å². The Kier molecular flexibility index (Phi) is 4.38. The number of aromatic nitrogens is 2. The smallest absolute Gasteiger partial charge is 0.263 e. The van der Waals surface area contributed by atoms with Crippen LogP contribution in [0, 0.1) is 11.3 Å². The summed E-state index contributed by atoms with van der Waals surface area (Å²) in [4.78, 5) is 18.8. The fraction of sp³-hybridized carbons (Fsp3) is 0.150. The molecule has 0 spiro atoms. The zero-order valence-electron chi connectivity index (χ0n) is 13.9.